The number of likely N-dealkylation sites (tertiary alicyclic amines) is 1. The summed E-state index contributed by atoms with van der Waals surface area (Å²) >= 11 is 0. The number of halogens is 1. The molecule has 1 aromatic rings. The minimum atomic E-state index is -0.527. The van der Waals surface area contributed by atoms with Crippen LogP contribution in [0.5, 0.6) is 0 Å². The third kappa shape index (κ3) is 2.19. The van der Waals surface area contributed by atoms with Gasteiger partial charge >= 0.3 is 0 Å². The third-order valence-corrected chi connectivity index (χ3v) is 3.61. The summed E-state index contributed by atoms with van der Waals surface area (Å²) < 4.78 is 13.4. The first kappa shape index (κ1) is 12.9. The fraction of sp³-hybridized carbons (Fsp3) is 0.500. The molecule has 1 atom stereocenters. The third-order valence-electron chi connectivity index (χ3n) is 3.61. The standard InChI is InChI=1S/C14H19FN2O/c1-9(2)12-7-4-8-17(12)14(18)10-5-3-6-11(15)13(10)16/h3,5-6,9,12H,4,7-8,16H2,1-2H3. The maximum absolute atomic E-state index is 13.4. The highest BCUT2D eigenvalue weighted by atomic mass is 19.1. The topological polar surface area (TPSA) is 46.3 Å². The molecule has 98 valence electrons. The zero-order chi connectivity index (χ0) is 13.3. The van der Waals surface area contributed by atoms with Crippen LogP contribution in [0.25, 0.3) is 0 Å². The van der Waals surface area contributed by atoms with Crippen LogP contribution in [0.4, 0.5) is 10.1 Å². The quantitative estimate of drug-likeness (QED) is 0.820. The lowest BCUT2D eigenvalue weighted by Crippen LogP contribution is -2.38. The van der Waals surface area contributed by atoms with E-state index in [9.17, 15) is 9.18 Å². The normalized spacial score (nSPS) is 19.6. The van der Waals surface area contributed by atoms with Crippen LogP contribution in [0.3, 0.4) is 0 Å². The van der Waals surface area contributed by atoms with Crippen molar-refractivity contribution in [2.24, 2.45) is 5.92 Å². The average molecular weight is 250 g/mol. The zero-order valence-corrected chi connectivity index (χ0v) is 10.8. The molecule has 1 unspecified atom stereocenters. The lowest BCUT2D eigenvalue weighted by molar-refractivity contribution is 0.0702. The summed E-state index contributed by atoms with van der Waals surface area (Å²) in [4.78, 5) is 14.2. The van der Waals surface area contributed by atoms with E-state index in [-0.39, 0.29) is 23.2 Å². The Balaban J connectivity index is 2.28. The average Bonchev–Trinajstić information content (AvgIpc) is 2.81. The predicted octanol–water partition coefficient (Wildman–Crippen LogP) is 2.67. The van der Waals surface area contributed by atoms with Gasteiger partial charge in [-0.15, -0.1) is 0 Å². The zero-order valence-electron chi connectivity index (χ0n) is 10.8. The van der Waals surface area contributed by atoms with Gasteiger partial charge in [-0.3, -0.25) is 4.79 Å². The Morgan fingerprint density at radius 1 is 1.50 bits per heavy atom. The predicted molar refractivity (Wildman–Crippen MR) is 69.7 cm³/mol. The van der Waals surface area contributed by atoms with E-state index < -0.39 is 5.82 Å². The number of hydrogen-bond acceptors (Lipinski definition) is 2. The van der Waals surface area contributed by atoms with Gasteiger partial charge in [0.15, 0.2) is 0 Å². The molecule has 0 spiro atoms. The second-order valence-electron chi connectivity index (χ2n) is 5.15. The van der Waals surface area contributed by atoms with Crippen molar-refractivity contribution in [3.8, 4) is 0 Å². The van der Waals surface area contributed by atoms with Gasteiger partial charge in [-0.05, 0) is 30.9 Å². The molecule has 0 aromatic heterocycles. The number of carbonyl (C=O) groups is 1. The summed E-state index contributed by atoms with van der Waals surface area (Å²) in [6.07, 6.45) is 2.02. The Kier molecular flexibility index (Phi) is 3.55. The first-order valence-corrected chi connectivity index (χ1v) is 6.37. The summed E-state index contributed by atoms with van der Waals surface area (Å²) in [5, 5.41) is 0. The molecule has 1 heterocycles. The van der Waals surface area contributed by atoms with Crippen LogP contribution < -0.4 is 5.73 Å². The van der Waals surface area contributed by atoms with Gasteiger partial charge in [-0.2, -0.15) is 0 Å². The smallest absolute Gasteiger partial charge is 0.256 e. The number of nitrogens with zero attached hydrogens (tertiary/aromatic N) is 1. The Morgan fingerprint density at radius 2 is 2.22 bits per heavy atom. The molecular weight excluding hydrogens is 231 g/mol. The van der Waals surface area contributed by atoms with E-state index in [1.165, 1.54) is 12.1 Å². The summed E-state index contributed by atoms with van der Waals surface area (Å²) in [5.41, 5.74) is 5.89. The minimum absolute atomic E-state index is 0.0445. The molecule has 1 fully saturated rings. The fourth-order valence-electron chi connectivity index (χ4n) is 2.62. The second kappa shape index (κ2) is 4.96. The summed E-state index contributed by atoms with van der Waals surface area (Å²) in [5.74, 6) is -0.268. The van der Waals surface area contributed by atoms with Crippen molar-refractivity contribution in [2.45, 2.75) is 32.7 Å². The number of hydrogen-bond donors (Lipinski definition) is 1. The van der Waals surface area contributed by atoms with Crippen LogP contribution in [0, 0.1) is 11.7 Å². The Hall–Kier alpha value is -1.58. The lowest BCUT2D eigenvalue weighted by atomic mass is 10.0. The van der Waals surface area contributed by atoms with Gasteiger partial charge in [0.1, 0.15) is 5.82 Å². The molecule has 0 aliphatic carbocycles. The van der Waals surface area contributed by atoms with Gasteiger partial charge in [0.2, 0.25) is 0 Å². The Bertz CT molecular complexity index is 459. The van der Waals surface area contributed by atoms with Crippen molar-refractivity contribution in [3.05, 3.63) is 29.6 Å². The number of amides is 1. The summed E-state index contributed by atoms with van der Waals surface area (Å²) in [6, 6.07) is 4.63. The first-order valence-electron chi connectivity index (χ1n) is 6.37. The number of nitrogen functional groups attached to an aromatic ring is 1. The van der Waals surface area contributed by atoms with Crippen LogP contribution in [-0.2, 0) is 0 Å². The molecule has 0 radical (unpaired) electrons. The number of carbonyl (C=O) groups excluding carboxylic acids is 1. The molecule has 1 aliphatic heterocycles. The van der Waals surface area contributed by atoms with Crippen molar-refractivity contribution in [1.82, 2.24) is 4.90 Å². The van der Waals surface area contributed by atoms with Crippen LogP contribution in [-0.4, -0.2) is 23.4 Å². The molecule has 3 nitrogen and oxygen atoms in total. The van der Waals surface area contributed by atoms with Crippen molar-refractivity contribution in [2.75, 3.05) is 12.3 Å². The highest BCUT2D eigenvalue weighted by Crippen LogP contribution is 2.27. The fourth-order valence-corrected chi connectivity index (χ4v) is 2.62. The molecule has 0 saturated carbocycles. The molecule has 2 rings (SSSR count). The van der Waals surface area contributed by atoms with Gasteiger partial charge in [-0.1, -0.05) is 19.9 Å². The number of benzene rings is 1. The van der Waals surface area contributed by atoms with E-state index in [0.717, 1.165) is 19.4 Å². The summed E-state index contributed by atoms with van der Waals surface area (Å²) in [7, 11) is 0. The first-order chi connectivity index (χ1) is 8.52. The molecule has 2 N–H and O–H groups in total. The number of para-hydroxylation sites is 1. The SMILES string of the molecule is CC(C)C1CCCN1C(=O)c1cccc(F)c1N. The second-order valence-corrected chi connectivity index (χ2v) is 5.15. The largest absolute Gasteiger partial charge is 0.396 e. The summed E-state index contributed by atoms with van der Waals surface area (Å²) in [6.45, 7) is 4.94. The Morgan fingerprint density at radius 3 is 2.89 bits per heavy atom. The molecular formula is C14H19FN2O. The van der Waals surface area contributed by atoms with Crippen LogP contribution in [0.1, 0.15) is 37.0 Å². The molecule has 1 amide bonds. The van der Waals surface area contributed by atoms with Gasteiger partial charge in [-0.25, -0.2) is 4.39 Å². The van der Waals surface area contributed by atoms with Crippen LogP contribution >= 0.6 is 0 Å². The molecule has 1 aliphatic rings. The number of anilines is 1. The maximum Gasteiger partial charge on any atom is 0.256 e. The van der Waals surface area contributed by atoms with Crippen LogP contribution in [0.15, 0.2) is 18.2 Å². The number of rotatable bonds is 2. The van der Waals surface area contributed by atoms with Gasteiger partial charge < -0.3 is 10.6 Å². The Labute approximate surface area is 107 Å². The number of nitrogens with two attached hydrogens (primary N) is 1. The highest BCUT2D eigenvalue weighted by molar-refractivity contribution is 5.99. The van der Waals surface area contributed by atoms with Gasteiger partial charge in [0.25, 0.3) is 5.91 Å². The lowest BCUT2D eigenvalue weighted by Gasteiger charge is -2.28. The molecule has 18 heavy (non-hydrogen) atoms. The van der Waals surface area contributed by atoms with E-state index in [2.05, 4.69) is 13.8 Å². The van der Waals surface area contributed by atoms with E-state index in [0.29, 0.717) is 5.92 Å². The van der Waals surface area contributed by atoms with Gasteiger partial charge in [0.05, 0.1) is 11.3 Å². The van der Waals surface area contributed by atoms with Crippen molar-refractivity contribution in [3.63, 3.8) is 0 Å². The van der Waals surface area contributed by atoms with E-state index in [1.807, 2.05) is 4.90 Å². The van der Waals surface area contributed by atoms with E-state index in [4.69, 9.17) is 5.73 Å². The van der Waals surface area contributed by atoms with Crippen molar-refractivity contribution in [1.29, 1.82) is 0 Å². The van der Waals surface area contributed by atoms with Crippen molar-refractivity contribution < 1.29 is 9.18 Å². The van der Waals surface area contributed by atoms with E-state index >= 15 is 0 Å². The van der Waals surface area contributed by atoms with Crippen LogP contribution in [0.2, 0.25) is 0 Å². The van der Waals surface area contributed by atoms with Gasteiger partial charge in [0, 0.05) is 12.6 Å². The maximum atomic E-state index is 13.4. The highest BCUT2D eigenvalue weighted by Gasteiger charge is 2.32. The monoisotopic (exact) mass is 250 g/mol. The molecule has 4 heteroatoms. The molecule has 1 aromatic carbocycles. The van der Waals surface area contributed by atoms with E-state index in [1.54, 1.807) is 6.07 Å². The minimum Gasteiger partial charge on any atom is -0.396 e. The van der Waals surface area contributed by atoms with Crippen molar-refractivity contribution >= 4 is 11.6 Å². The molecule has 0 bridgehead atoms. The molecule has 1 saturated heterocycles.